The van der Waals surface area contributed by atoms with Gasteiger partial charge in [-0.2, -0.15) is 13.2 Å². The molecule has 0 saturated carbocycles. The van der Waals surface area contributed by atoms with Gasteiger partial charge in [0, 0.05) is 5.56 Å². The lowest BCUT2D eigenvalue weighted by atomic mass is 10.1. The van der Waals surface area contributed by atoms with Gasteiger partial charge in [-0.1, -0.05) is 15.9 Å². The molecule has 0 heterocycles. The first-order valence-electron chi connectivity index (χ1n) is 3.92. The number of carbonyl (C=O) groups excluding carboxylic acids is 1. The third-order valence-electron chi connectivity index (χ3n) is 1.78. The first-order chi connectivity index (χ1) is 7.27. The fourth-order valence-corrected chi connectivity index (χ4v) is 1.36. The lowest BCUT2D eigenvalue weighted by Crippen LogP contribution is -2.12. The summed E-state index contributed by atoms with van der Waals surface area (Å²) in [6, 6.07) is 0.732. The Bertz CT molecular complexity index is 427. The molecule has 0 unspecified atom stereocenters. The van der Waals surface area contributed by atoms with E-state index in [4.69, 9.17) is 0 Å². The zero-order chi connectivity index (χ0) is 12.5. The van der Waals surface area contributed by atoms with Crippen molar-refractivity contribution in [3.63, 3.8) is 0 Å². The third kappa shape index (κ3) is 2.58. The second kappa shape index (κ2) is 4.48. The van der Waals surface area contributed by atoms with E-state index in [0.29, 0.717) is 12.1 Å². The lowest BCUT2D eigenvalue weighted by Gasteiger charge is -2.09. The van der Waals surface area contributed by atoms with E-state index in [9.17, 15) is 26.7 Å². The Labute approximate surface area is 95.4 Å². The summed E-state index contributed by atoms with van der Waals surface area (Å²) in [5, 5.41) is -0.268. The van der Waals surface area contributed by atoms with Gasteiger partial charge in [-0.25, -0.2) is 8.78 Å². The Morgan fingerprint density at radius 1 is 1.25 bits per heavy atom. The number of benzene rings is 1. The van der Waals surface area contributed by atoms with Gasteiger partial charge in [0.2, 0.25) is 0 Å². The number of alkyl halides is 4. The fourth-order valence-electron chi connectivity index (χ4n) is 1.03. The normalized spacial score (nSPS) is 11.6. The molecule has 1 rings (SSSR count). The van der Waals surface area contributed by atoms with Gasteiger partial charge >= 0.3 is 6.18 Å². The van der Waals surface area contributed by atoms with Gasteiger partial charge in [-0.05, 0) is 12.1 Å². The van der Waals surface area contributed by atoms with Crippen LogP contribution in [0.25, 0.3) is 0 Å². The number of rotatable bonds is 2. The molecule has 1 aromatic rings. The van der Waals surface area contributed by atoms with Crippen molar-refractivity contribution in [2.75, 3.05) is 5.33 Å². The molecular weight excluding hydrogens is 299 g/mol. The van der Waals surface area contributed by atoms with Gasteiger partial charge in [-0.3, -0.25) is 4.79 Å². The molecule has 7 heteroatoms. The first kappa shape index (κ1) is 13.1. The molecule has 0 bridgehead atoms. The van der Waals surface area contributed by atoms with Crippen LogP contribution in [-0.2, 0) is 6.18 Å². The van der Waals surface area contributed by atoms with Crippen molar-refractivity contribution in [1.82, 2.24) is 0 Å². The number of hydrogen-bond acceptors (Lipinski definition) is 1. The number of ketones is 1. The summed E-state index contributed by atoms with van der Waals surface area (Å²) < 4.78 is 62.4. The molecule has 88 valence electrons. The van der Waals surface area contributed by atoms with Crippen molar-refractivity contribution in [1.29, 1.82) is 0 Å². The molecular formula is C9H4BrF5O. The zero-order valence-corrected chi connectivity index (χ0v) is 9.12. The molecule has 0 aliphatic heterocycles. The van der Waals surface area contributed by atoms with E-state index in [2.05, 4.69) is 15.9 Å². The van der Waals surface area contributed by atoms with Crippen LogP contribution in [0.2, 0.25) is 0 Å². The predicted octanol–water partition coefficient (Wildman–Crippen LogP) is 3.56. The fraction of sp³-hybridized carbons (Fsp3) is 0.222. The number of carbonyl (C=O) groups is 1. The van der Waals surface area contributed by atoms with Gasteiger partial charge in [0.1, 0.15) is 0 Å². The van der Waals surface area contributed by atoms with Crippen LogP contribution in [0.3, 0.4) is 0 Å². The van der Waals surface area contributed by atoms with Crippen LogP contribution in [0.1, 0.15) is 15.9 Å². The lowest BCUT2D eigenvalue weighted by molar-refractivity contribution is -0.140. The molecule has 0 radical (unpaired) electrons. The van der Waals surface area contributed by atoms with E-state index < -0.39 is 34.7 Å². The van der Waals surface area contributed by atoms with Gasteiger partial charge in [0.05, 0.1) is 10.9 Å². The highest BCUT2D eigenvalue weighted by Crippen LogP contribution is 2.33. The van der Waals surface area contributed by atoms with Crippen LogP contribution in [0, 0.1) is 11.6 Å². The van der Waals surface area contributed by atoms with Crippen LogP contribution in [-0.4, -0.2) is 11.1 Å². The molecule has 0 N–H and O–H groups in total. The minimum atomic E-state index is -5.03. The van der Waals surface area contributed by atoms with Crippen molar-refractivity contribution in [3.8, 4) is 0 Å². The van der Waals surface area contributed by atoms with E-state index in [0.717, 1.165) is 0 Å². The minimum absolute atomic E-state index is 0.268. The maximum atomic E-state index is 12.8. The molecule has 0 atom stereocenters. The van der Waals surface area contributed by atoms with Gasteiger partial charge < -0.3 is 0 Å². The van der Waals surface area contributed by atoms with Crippen LogP contribution < -0.4 is 0 Å². The highest BCUT2D eigenvalue weighted by atomic mass is 79.9. The monoisotopic (exact) mass is 302 g/mol. The van der Waals surface area contributed by atoms with Crippen LogP contribution in [0.4, 0.5) is 22.0 Å². The van der Waals surface area contributed by atoms with E-state index >= 15 is 0 Å². The molecule has 0 fully saturated rings. The van der Waals surface area contributed by atoms with Crippen LogP contribution >= 0.6 is 15.9 Å². The number of halogens is 6. The van der Waals surface area contributed by atoms with Crippen LogP contribution in [0.5, 0.6) is 0 Å². The SMILES string of the molecule is O=C(CBr)c1cc(F)c(F)c(C(F)(F)F)c1. The van der Waals surface area contributed by atoms with Gasteiger partial charge in [0.25, 0.3) is 0 Å². The van der Waals surface area contributed by atoms with Crippen molar-refractivity contribution in [3.05, 3.63) is 34.9 Å². The average molecular weight is 303 g/mol. The molecule has 0 aliphatic carbocycles. The summed E-state index contributed by atoms with van der Waals surface area (Å²) >= 11 is 2.72. The van der Waals surface area contributed by atoms with E-state index in [1.807, 2.05) is 0 Å². The molecule has 0 aromatic heterocycles. The van der Waals surface area contributed by atoms with Gasteiger partial charge in [0.15, 0.2) is 17.4 Å². The molecule has 0 amide bonds. The van der Waals surface area contributed by atoms with Crippen molar-refractivity contribution in [2.45, 2.75) is 6.18 Å². The van der Waals surface area contributed by atoms with Gasteiger partial charge in [-0.15, -0.1) is 0 Å². The Hall–Kier alpha value is -0.980. The molecule has 0 aliphatic rings. The average Bonchev–Trinajstić information content (AvgIpc) is 2.18. The first-order valence-corrected chi connectivity index (χ1v) is 5.05. The highest BCUT2D eigenvalue weighted by Gasteiger charge is 2.36. The second-order valence-electron chi connectivity index (χ2n) is 2.87. The summed E-state index contributed by atoms with van der Waals surface area (Å²) in [5.74, 6) is -4.46. The maximum absolute atomic E-state index is 12.8. The molecule has 16 heavy (non-hydrogen) atoms. The summed E-state index contributed by atoms with van der Waals surface area (Å²) in [7, 11) is 0. The maximum Gasteiger partial charge on any atom is 0.419 e. The molecule has 0 saturated heterocycles. The van der Waals surface area contributed by atoms with Crippen LogP contribution in [0.15, 0.2) is 12.1 Å². The number of Topliss-reactive ketones (excluding diaryl/α,β-unsaturated/α-hetero) is 1. The Kier molecular flexibility index (Phi) is 3.67. The largest absolute Gasteiger partial charge is 0.419 e. The topological polar surface area (TPSA) is 17.1 Å². The summed E-state index contributed by atoms with van der Waals surface area (Å²) in [4.78, 5) is 11.1. The second-order valence-corrected chi connectivity index (χ2v) is 3.43. The van der Waals surface area contributed by atoms with Crippen molar-refractivity contribution in [2.24, 2.45) is 0 Å². The minimum Gasteiger partial charge on any atom is -0.293 e. The highest BCUT2D eigenvalue weighted by molar-refractivity contribution is 9.09. The van der Waals surface area contributed by atoms with Crippen molar-refractivity contribution >= 4 is 21.7 Å². The standard InChI is InChI=1S/C9H4BrF5O/c10-3-7(16)4-1-5(9(13,14)15)8(12)6(11)2-4/h1-2H,3H2. The Morgan fingerprint density at radius 3 is 2.25 bits per heavy atom. The van der Waals surface area contributed by atoms with E-state index in [1.165, 1.54) is 0 Å². The summed E-state index contributed by atoms with van der Waals surface area (Å²) in [6.45, 7) is 0. The predicted molar refractivity (Wildman–Crippen MR) is 49.5 cm³/mol. The number of hydrogen-bond donors (Lipinski definition) is 0. The Morgan fingerprint density at radius 2 is 1.81 bits per heavy atom. The molecule has 0 spiro atoms. The smallest absolute Gasteiger partial charge is 0.293 e. The Balaban J connectivity index is 3.39. The van der Waals surface area contributed by atoms with E-state index in [-0.39, 0.29) is 5.33 Å². The zero-order valence-electron chi connectivity index (χ0n) is 7.54. The summed E-state index contributed by atoms with van der Waals surface area (Å²) in [5.41, 5.74) is -2.31. The van der Waals surface area contributed by atoms with E-state index in [1.54, 1.807) is 0 Å². The molecule has 1 aromatic carbocycles. The molecule has 1 nitrogen and oxygen atoms in total. The quantitative estimate of drug-likeness (QED) is 0.464. The summed E-state index contributed by atoms with van der Waals surface area (Å²) in [6.07, 6.45) is -5.03. The third-order valence-corrected chi connectivity index (χ3v) is 2.29. The van der Waals surface area contributed by atoms with Crippen molar-refractivity contribution < 1.29 is 26.7 Å².